The Labute approximate surface area is 213 Å². The maximum absolute atomic E-state index is 13.6. The molecule has 10 heteroatoms. The van der Waals surface area contributed by atoms with Gasteiger partial charge in [-0.1, -0.05) is 49.7 Å². The van der Waals surface area contributed by atoms with Crippen LogP contribution in [0.2, 0.25) is 5.02 Å². The van der Waals surface area contributed by atoms with E-state index in [9.17, 15) is 18.0 Å². The lowest BCUT2D eigenvalue weighted by atomic mass is 10.1. The SMILES string of the molecule is CCOc1ccccc1N(CC(=O)N(Cc1cccc(Cl)c1)C(C)C(=O)NCC(C)C)S(C)(=O)=O. The van der Waals surface area contributed by atoms with Crippen molar-refractivity contribution in [2.24, 2.45) is 5.92 Å². The zero-order valence-electron chi connectivity index (χ0n) is 20.8. The Kier molecular flexibility index (Phi) is 10.4. The third kappa shape index (κ3) is 8.43. The molecule has 35 heavy (non-hydrogen) atoms. The first-order chi connectivity index (χ1) is 16.4. The van der Waals surface area contributed by atoms with Crippen molar-refractivity contribution in [2.75, 3.05) is 30.3 Å². The summed E-state index contributed by atoms with van der Waals surface area (Å²) in [4.78, 5) is 27.8. The van der Waals surface area contributed by atoms with E-state index in [-0.39, 0.29) is 24.1 Å². The third-order valence-electron chi connectivity index (χ3n) is 5.21. The Morgan fingerprint density at radius 1 is 1.09 bits per heavy atom. The van der Waals surface area contributed by atoms with Gasteiger partial charge in [0, 0.05) is 18.1 Å². The zero-order valence-corrected chi connectivity index (χ0v) is 22.4. The van der Waals surface area contributed by atoms with Gasteiger partial charge in [-0.05, 0) is 49.6 Å². The molecule has 0 saturated carbocycles. The fourth-order valence-electron chi connectivity index (χ4n) is 3.40. The van der Waals surface area contributed by atoms with Crippen molar-refractivity contribution in [2.45, 2.75) is 40.3 Å². The fourth-order valence-corrected chi connectivity index (χ4v) is 4.47. The molecule has 8 nitrogen and oxygen atoms in total. The summed E-state index contributed by atoms with van der Waals surface area (Å²) < 4.78 is 32.1. The van der Waals surface area contributed by atoms with E-state index in [4.69, 9.17) is 16.3 Å². The van der Waals surface area contributed by atoms with E-state index in [2.05, 4.69) is 5.32 Å². The monoisotopic (exact) mass is 523 g/mol. The van der Waals surface area contributed by atoms with Crippen LogP contribution >= 0.6 is 11.6 Å². The topological polar surface area (TPSA) is 96.0 Å². The Morgan fingerprint density at radius 3 is 2.37 bits per heavy atom. The van der Waals surface area contributed by atoms with Crippen LogP contribution in [0, 0.1) is 5.92 Å². The summed E-state index contributed by atoms with van der Waals surface area (Å²) in [6.45, 7) is 7.73. The molecule has 2 amide bonds. The number of para-hydroxylation sites is 2. The number of ether oxygens (including phenoxy) is 1. The number of rotatable bonds is 12. The summed E-state index contributed by atoms with van der Waals surface area (Å²) >= 11 is 6.12. The molecule has 0 aliphatic carbocycles. The van der Waals surface area contributed by atoms with E-state index < -0.39 is 28.5 Å². The average Bonchev–Trinajstić information content (AvgIpc) is 2.79. The smallest absolute Gasteiger partial charge is 0.244 e. The molecule has 0 fully saturated rings. The summed E-state index contributed by atoms with van der Waals surface area (Å²) in [5, 5.41) is 3.34. The Balaban J connectivity index is 2.41. The second-order valence-electron chi connectivity index (χ2n) is 8.64. The molecule has 0 bridgehead atoms. The van der Waals surface area contributed by atoms with Crippen LogP contribution in [-0.4, -0.2) is 57.1 Å². The van der Waals surface area contributed by atoms with Crippen LogP contribution in [0.4, 0.5) is 5.69 Å². The molecule has 0 heterocycles. The number of carbonyl (C=O) groups is 2. The van der Waals surface area contributed by atoms with Gasteiger partial charge in [0.15, 0.2) is 0 Å². The van der Waals surface area contributed by atoms with Crippen LogP contribution in [0.5, 0.6) is 5.75 Å². The molecule has 2 aromatic rings. The maximum Gasteiger partial charge on any atom is 0.244 e. The van der Waals surface area contributed by atoms with Gasteiger partial charge in [0.1, 0.15) is 18.3 Å². The molecular formula is C25H34ClN3O5S. The molecule has 0 aliphatic rings. The van der Waals surface area contributed by atoms with Crippen molar-refractivity contribution in [3.05, 3.63) is 59.1 Å². The molecule has 0 aromatic heterocycles. The van der Waals surface area contributed by atoms with Crippen molar-refractivity contribution >= 4 is 39.1 Å². The largest absolute Gasteiger partial charge is 0.492 e. The number of carbonyl (C=O) groups excluding carboxylic acids is 2. The highest BCUT2D eigenvalue weighted by Crippen LogP contribution is 2.30. The Morgan fingerprint density at radius 2 is 1.77 bits per heavy atom. The normalized spacial score (nSPS) is 12.2. The van der Waals surface area contributed by atoms with E-state index in [1.165, 1.54) is 4.90 Å². The highest BCUT2D eigenvalue weighted by molar-refractivity contribution is 7.92. The van der Waals surface area contributed by atoms with E-state index >= 15 is 0 Å². The van der Waals surface area contributed by atoms with Crippen molar-refractivity contribution in [3.8, 4) is 5.75 Å². The maximum atomic E-state index is 13.6. The minimum absolute atomic E-state index is 0.0837. The van der Waals surface area contributed by atoms with Crippen molar-refractivity contribution in [1.82, 2.24) is 10.2 Å². The van der Waals surface area contributed by atoms with Crippen LogP contribution in [0.15, 0.2) is 48.5 Å². The number of hydrogen-bond acceptors (Lipinski definition) is 5. The molecule has 0 saturated heterocycles. The van der Waals surface area contributed by atoms with Gasteiger partial charge in [0.2, 0.25) is 21.8 Å². The lowest BCUT2D eigenvalue weighted by Crippen LogP contribution is -2.51. The first-order valence-corrected chi connectivity index (χ1v) is 13.7. The van der Waals surface area contributed by atoms with Gasteiger partial charge >= 0.3 is 0 Å². The number of nitrogens with one attached hydrogen (secondary N) is 1. The zero-order chi connectivity index (χ0) is 26.2. The first kappa shape index (κ1) is 28.5. The molecule has 192 valence electrons. The number of halogens is 1. The Bertz CT molecular complexity index is 1120. The van der Waals surface area contributed by atoms with Crippen molar-refractivity contribution in [3.63, 3.8) is 0 Å². The first-order valence-electron chi connectivity index (χ1n) is 11.4. The van der Waals surface area contributed by atoms with E-state index in [0.717, 1.165) is 16.1 Å². The molecule has 2 aromatic carbocycles. The lowest BCUT2D eigenvalue weighted by Gasteiger charge is -2.32. The second-order valence-corrected chi connectivity index (χ2v) is 11.0. The van der Waals surface area contributed by atoms with Gasteiger partial charge in [-0.2, -0.15) is 0 Å². The molecule has 0 radical (unpaired) electrons. The summed E-state index contributed by atoms with van der Waals surface area (Å²) in [6, 6.07) is 12.8. The Hall–Kier alpha value is -2.78. The van der Waals surface area contributed by atoms with Gasteiger partial charge in [0.25, 0.3) is 0 Å². The molecule has 1 N–H and O–H groups in total. The van der Waals surface area contributed by atoms with E-state index in [1.54, 1.807) is 62.4 Å². The molecular weight excluding hydrogens is 490 g/mol. The average molecular weight is 524 g/mol. The minimum Gasteiger partial charge on any atom is -0.492 e. The van der Waals surface area contributed by atoms with Crippen LogP contribution in [0.25, 0.3) is 0 Å². The summed E-state index contributed by atoms with van der Waals surface area (Å²) in [6.07, 6.45) is 1.03. The van der Waals surface area contributed by atoms with Crippen LogP contribution in [0.1, 0.15) is 33.3 Å². The van der Waals surface area contributed by atoms with Crippen LogP contribution in [-0.2, 0) is 26.2 Å². The van der Waals surface area contributed by atoms with Gasteiger partial charge < -0.3 is 15.0 Å². The highest BCUT2D eigenvalue weighted by atomic mass is 35.5. The number of sulfonamides is 1. The number of nitrogens with zero attached hydrogens (tertiary/aromatic N) is 2. The predicted octanol–water partition coefficient (Wildman–Crippen LogP) is 3.69. The van der Waals surface area contributed by atoms with Crippen LogP contribution < -0.4 is 14.4 Å². The van der Waals surface area contributed by atoms with Gasteiger partial charge in [0.05, 0.1) is 18.6 Å². The van der Waals surface area contributed by atoms with Gasteiger partial charge in [-0.15, -0.1) is 0 Å². The molecule has 2 rings (SSSR count). The second kappa shape index (κ2) is 12.8. The van der Waals surface area contributed by atoms with Crippen LogP contribution in [0.3, 0.4) is 0 Å². The summed E-state index contributed by atoms with van der Waals surface area (Å²) in [5.41, 5.74) is 0.972. The van der Waals surface area contributed by atoms with Crippen molar-refractivity contribution in [1.29, 1.82) is 0 Å². The molecule has 0 spiro atoms. The molecule has 0 aliphatic heterocycles. The fraction of sp³-hybridized carbons (Fsp3) is 0.440. The van der Waals surface area contributed by atoms with Crippen molar-refractivity contribution < 1.29 is 22.7 Å². The molecule has 1 unspecified atom stereocenters. The lowest BCUT2D eigenvalue weighted by molar-refractivity contribution is -0.139. The quantitative estimate of drug-likeness (QED) is 0.457. The number of amides is 2. The standard InChI is InChI=1S/C25H34ClN3O5S/c1-6-34-23-13-8-7-12-22(23)29(35(5,32)33)17-24(30)28(16-20-10-9-11-21(26)14-20)19(4)25(31)27-15-18(2)3/h7-14,18-19H,6,15-17H2,1-5H3,(H,27,31). The summed E-state index contributed by atoms with van der Waals surface area (Å²) in [7, 11) is -3.85. The molecule has 1 atom stereocenters. The number of anilines is 1. The van der Waals surface area contributed by atoms with Gasteiger partial charge in [-0.3, -0.25) is 13.9 Å². The van der Waals surface area contributed by atoms with E-state index in [1.807, 2.05) is 13.8 Å². The minimum atomic E-state index is -3.85. The number of hydrogen-bond donors (Lipinski definition) is 1. The number of benzene rings is 2. The van der Waals surface area contributed by atoms with Gasteiger partial charge in [-0.25, -0.2) is 8.42 Å². The predicted molar refractivity (Wildman–Crippen MR) is 139 cm³/mol. The summed E-state index contributed by atoms with van der Waals surface area (Å²) in [5.74, 6) is -0.278. The third-order valence-corrected chi connectivity index (χ3v) is 6.57. The van der Waals surface area contributed by atoms with E-state index in [0.29, 0.717) is 23.9 Å². The highest BCUT2D eigenvalue weighted by Gasteiger charge is 2.31.